The van der Waals surface area contributed by atoms with E-state index in [-0.39, 0.29) is 18.8 Å². The first-order valence-corrected chi connectivity index (χ1v) is 7.60. The Labute approximate surface area is 141 Å². The molecule has 0 bridgehead atoms. The third kappa shape index (κ3) is 5.08. The van der Waals surface area contributed by atoms with E-state index in [1.54, 1.807) is 36.4 Å². The fraction of sp³-hybridized carbons (Fsp3) is 0.125. The molecule has 23 heavy (non-hydrogen) atoms. The first-order chi connectivity index (χ1) is 11.1. The molecule has 120 valence electrons. The minimum atomic E-state index is -0.513. The number of halogens is 1. The van der Waals surface area contributed by atoms with Gasteiger partial charge in [-0.05, 0) is 36.4 Å². The Morgan fingerprint density at radius 1 is 1.22 bits per heavy atom. The summed E-state index contributed by atoms with van der Waals surface area (Å²) in [6.45, 7) is -0.108. The summed E-state index contributed by atoms with van der Waals surface area (Å²) in [5.74, 6) is -0.509. The summed E-state index contributed by atoms with van der Waals surface area (Å²) in [7, 11) is 0. The molecule has 0 aliphatic heterocycles. The lowest BCUT2D eigenvalue weighted by atomic mass is 10.2. The number of nitrogens with one attached hydrogen (secondary N) is 2. The van der Waals surface area contributed by atoms with Gasteiger partial charge in [0.2, 0.25) is 0 Å². The largest absolute Gasteiger partial charge is 0.465 e. The van der Waals surface area contributed by atoms with Gasteiger partial charge in [0.25, 0.3) is 11.8 Å². The molecule has 2 aromatic rings. The Hall–Kier alpha value is -2.38. The quantitative estimate of drug-likeness (QED) is 0.669. The van der Waals surface area contributed by atoms with Crippen LogP contribution in [0.1, 0.15) is 16.1 Å². The van der Waals surface area contributed by atoms with E-state index in [2.05, 4.69) is 26.6 Å². The van der Waals surface area contributed by atoms with Crippen molar-refractivity contribution in [3.63, 3.8) is 0 Å². The Balaban J connectivity index is 2.18. The molecule has 0 aliphatic carbocycles. The van der Waals surface area contributed by atoms with Crippen LogP contribution in [0.5, 0.6) is 0 Å². The molecule has 0 unspecified atom stereocenters. The molecule has 0 saturated heterocycles. The van der Waals surface area contributed by atoms with Gasteiger partial charge in [-0.1, -0.05) is 15.9 Å². The Kier molecular flexibility index (Phi) is 6.13. The van der Waals surface area contributed by atoms with Crippen LogP contribution in [0.15, 0.2) is 57.2 Å². The number of rotatable bonds is 6. The zero-order chi connectivity index (χ0) is 16.7. The van der Waals surface area contributed by atoms with E-state index in [0.29, 0.717) is 11.3 Å². The van der Waals surface area contributed by atoms with Crippen molar-refractivity contribution in [3.05, 3.63) is 64.2 Å². The number of furan rings is 1. The highest BCUT2D eigenvalue weighted by atomic mass is 79.9. The number of hydrogen-bond acceptors (Lipinski definition) is 4. The molecular formula is C16H15BrN2O4. The van der Waals surface area contributed by atoms with Crippen molar-refractivity contribution in [3.8, 4) is 0 Å². The molecule has 0 atom stereocenters. The smallest absolute Gasteiger partial charge is 0.268 e. The van der Waals surface area contributed by atoms with Gasteiger partial charge in [0, 0.05) is 22.7 Å². The number of hydrogen-bond donors (Lipinski definition) is 3. The summed E-state index contributed by atoms with van der Waals surface area (Å²) < 4.78 is 6.01. The van der Waals surface area contributed by atoms with Crippen molar-refractivity contribution in [2.45, 2.75) is 0 Å². The molecule has 1 aromatic carbocycles. The van der Waals surface area contributed by atoms with Crippen molar-refractivity contribution in [2.75, 3.05) is 13.2 Å². The summed E-state index contributed by atoms with van der Waals surface area (Å²) >= 11 is 3.29. The van der Waals surface area contributed by atoms with Gasteiger partial charge >= 0.3 is 0 Å². The third-order valence-corrected chi connectivity index (χ3v) is 3.36. The molecule has 0 radical (unpaired) electrons. The highest BCUT2D eigenvalue weighted by molar-refractivity contribution is 9.10. The standard InChI is InChI=1S/C16H15BrN2O4/c17-12-5-3-11(4-6-12)15(21)19-14(16(22)18-7-8-20)10-13-2-1-9-23-13/h1-6,9-10,20H,7-8H2,(H,18,22)(H,19,21)/b14-10+. The summed E-state index contributed by atoms with van der Waals surface area (Å²) in [5, 5.41) is 13.8. The van der Waals surface area contributed by atoms with Gasteiger partial charge in [0.1, 0.15) is 11.5 Å². The van der Waals surface area contributed by atoms with Gasteiger partial charge in [-0.25, -0.2) is 0 Å². The summed E-state index contributed by atoms with van der Waals surface area (Å²) in [6.07, 6.45) is 2.88. The first kappa shape index (κ1) is 17.0. The molecule has 3 N–H and O–H groups in total. The van der Waals surface area contributed by atoms with Crippen molar-refractivity contribution in [1.29, 1.82) is 0 Å². The number of aliphatic hydroxyl groups excluding tert-OH is 1. The number of benzene rings is 1. The number of aliphatic hydroxyl groups is 1. The highest BCUT2D eigenvalue weighted by Gasteiger charge is 2.14. The van der Waals surface area contributed by atoms with Gasteiger partial charge in [-0.3, -0.25) is 9.59 Å². The highest BCUT2D eigenvalue weighted by Crippen LogP contribution is 2.11. The maximum Gasteiger partial charge on any atom is 0.268 e. The van der Waals surface area contributed by atoms with Gasteiger partial charge in [0.15, 0.2) is 0 Å². The van der Waals surface area contributed by atoms with Crippen molar-refractivity contribution in [2.24, 2.45) is 0 Å². The minimum absolute atomic E-state index is 0.0290. The normalized spacial score (nSPS) is 11.1. The second-order valence-corrected chi connectivity index (χ2v) is 5.43. The average Bonchev–Trinajstić information content (AvgIpc) is 3.05. The zero-order valence-corrected chi connectivity index (χ0v) is 13.7. The summed E-state index contributed by atoms with van der Waals surface area (Å²) in [4.78, 5) is 24.3. The number of carbonyl (C=O) groups is 2. The lowest BCUT2D eigenvalue weighted by Crippen LogP contribution is -2.36. The van der Waals surface area contributed by atoms with Crippen LogP contribution in [0.25, 0.3) is 6.08 Å². The molecule has 0 spiro atoms. The first-order valence-electron chi connectivity index (χ1n) is 6.81. The predicted molar refractivity (Wildman–Crippen MR) is 88.4 cm³/mol. The van der Waals surface area contributed by atoms with E-state index >= 15 is 0 Å². The molecule has 6 nitrogen and oxygen atoms in total. The van der Waals surface area contributed by atoms with E-state index in [4.69, 9.17) is 9.52 Å². The van der Waals surface area contributed by atoms with Gasteiger partial charge in [-0.2, -0.15) is 0 Å². The van der Waals surface area contributed by atoms with Crippen LogP contribution in [0, 0.1) is 0 Å². The minimum Gasteiger partial charge on any atom is -0.465 e. The van der Waals surface area contributed by atoms with E-state index < -0.39 is 11.8 Å². The Morgan fingerprint density at radius 2 is 1.96 bits per heavy atom. The molecule has 1 aromatic heterocycles. The van der Waals surface area contributed by atoms with Crippen LogP contribution in [-0.2, 0) is 4.79 Å². The topological polar surface area (TPSA) is 91.6 Å². The summed E-state index contributed by atoms with van der Waals surface area (Å²) in [6, 6.07) is 10.1. The second kappa shape index (κ2) is 8.30. The van der Waals surface area contributed by atoms with Crippen LogP contribution in [0.4, 0.5) is 0 Å². The van der Waals surface area contributed by atoms with Crippen molar-refractivity contribution in [1.82, 2.24) is 10.6 Å². The molecule has 0 saturated carbocycles. The third-order valence-electron chi connectivity index (χ3n) is 2.83. The lowest BCUT2D eigenvalue weighted by molar-refractivity contribution is -0.117. The molecule has 2 amide bonds. The van der Waals surface area contributed by atoms with E-state index in [0.717, 1.165) is 4.47 Å². The number of amides is 2. The molecular weight excluding hydrogens is 364 g/mol. The lowest BCUT2D eigenvalue weighted by Gasteiger charge is -2.10. The van der Waals surface area contributed by atoms with Crippen molar-refractivity contribution < 1.29 is 19.1 Å². The molecule has 1 heterocycles. The predicted octanol–water partition coefficient (Wildman–Crippen LogP) is 1.92. The maximum absolute atomic E-state index is 12.2. The van der Waals surface area contributed by atoms with Crippen molar-refractivity contribution >= 4 is 33.8 Å². The monoisotopic (exact) mass is 378 g/mol. The zero-order valence-electron chi connectivity index (χ0n) is 12.1. The van der Waals surface area contributed by atoms with Gasteiger partial charge < -0.3 is 20.2 Å². The van der Waals surface area contributed by atoms with Crippen LogP contribution in [-0.4, -0.2) is 30.1 Å². The van der Waals surface area contributed by atoms with Crippen LogP contribution in [0.2, 0.25) is 0 Å². The fourth-order valence-electron chi connectivity index (χ4n) is 1.73. The Bertz CT molecular complexity index is 693. The van der Waals surface area contributed by atoms with Crippen LogP contribution in [0.3, 0.4) is 0 Å². The van der Waals surface area contributed by atoms with E-state index in [1.165, 1.54) is 12.3 Å². The summed E-state index contributed by atoms with van der Waals surface area (Å²) in [5.41, 5.74) is 0.440. The average molecular weight is 379 g/mol. The van der Waals surface area contributed by atoms with E-state index in [9.17, 15) is 9.59 Å². The van der Waals surface area contributed by atoms with Gasteiger partial charge in [-0.15, -0.1) is 0 Å². The SMILES string of the molecule is O=C(NCCO)/C(=C\c1ccco1)NC(=O)c1ccc(Br)cc1. The van der Waals surface area contributed by atoms with Crippen LogP contribution < -0.4 is 10.6 Å². The molecule has 7 heteroatoms. The molecule has 2 rings (SSSR count). The maximum atomic E-state index is 12.2. The fourth-order valence-corrected chi connectivity index (χ4v) is 2.00. The second-order valence-electron chi connectivity index (χ2n) is 4.51. The molecule has 0 aliphatic rings. The molecule has 0 fully saturated rings. The van der Waals surface area contributed by atoms with Gasteiger partial charge in [0.05, 0.1) is 12.9 Å². The Morgan fingerprint density at radius 3 is 2.57 bits per heavy atom. The van der Waals surface area contributed by atoms with Crippen LogP contribution >= 0.6 is 15.9 Å². The van der Waals surface area contributed by atoms with E-state index in [1.807, 2.05) is 0 Å². The number of carbonyl (C=O) groups excluding carboxylic acids is 2.